The van der Waals surface area contributed by atoms with E-state index in [2.05, 4.69) is 10.1 Å². The summed E-state index contributed by atoms with van der Waals surface area (Å²) in [7, 11) is 0. The Morgan fingerprint density at radius 2 is 1.81 bits per heavy atom. The minimum atomic E-state index is -0.385. The lowest BCUT2D eigenvalue weighted by molar-refractivity contribution is -0.142. The lowest BCUT2D eigenvalue weighted by Crippen LogP contribution is -2.55. The molecule has 1 aromatic heterocycles. The molecule has 0 unspecified atom stereocenters. The van der Waals surface area contributed by atoms with Crippen LogP contribution >= 0.6 is 11.6 Å². The Kier molecular flexibility index (Phi) is 3.82. The number of likely N-dealkylation sites (tertiary alicyclic amines) is 1. The van der Waals surface area contributed by atoms with Crippen molar-refractivity contribution in [1.29, 1.82) is 0 Å². The molecule has 5 nitrogen and oxygen atoms in total. The number of benzene rings is 1. The van der Waals surface area contributed by atoms with E-state index in [4.69, 9.17) is 16.1 Å². The number of halogens is 1. The molecule has 6 heteroatoms. The zero-order valence-corrected chi connectivity index (χ0v) is 15.4. The highest BCUT2D eigenvalue weighted by atomic mass is 35.5. The van der Waals surface area contributed by atoms with Gasteiger partial charge in [0.15, 0.2) is 5.82 Å². The first-order valence-corrected chi connectivity index (χ1v) is 9.92. The van der Waals surface area contributed by atoms with Crippen LogP contribution in [0.5, 0.6) is 0 Å². The van der Waals surface area contributed by atoms with Gasteiger partial charge in [-0.3, -0.25) is 4.79 Å². The molecule has 1 saturated heterocycles. The number of aromatic nitrogens is 2. The van der Waals surface area contributed by atoms with Crippen LogP contribution in [0.4, 0.5) is 0 Å². The Balaban J connectivity index is 1.31. The van der Waals surface area contributed by atoms with Gasteiger partial charge in [-0.2, -0.15) is 4.98 Å². The number of hydrogen-bond donors (Lipinski definition) is 0. The fourth-order valence-electron chi connectivity index (χ4n) is 4.40. The second kappa shape index (κ2) is 6.08. The molecule has 0 bridgehead atoms. The van der Waals surface area contributed by atoms with Crippen molar-refractivity contribution in [1.82, 2.24) is 15.0 Å². The minimum Gasteiger partial charge on any atom is -0.340 e. The average Bonchev–Trinajstić information content (AvgIpc) is 3.14. The summed E-state index contributed by atoms with van der Waals surface area (Å²) in [5, 5.41) is 4.81. The largest absolute Gasteiger partial charge is 0.340 e. The molecule has 0 N–H and O–H groups in total. The second-order valence-corrected chi connectivity index (χ2v) is 8.40. The molecule has 0 spiro atoms. The van der Waals surface area contributed by atoms with Crippen molar-refractivity contribution >= 4 is 17.5 Å². The SMILES string of the molecule is O=C(N1CC(c2nc(C3CC3)no2)C1)C1(c2ccc(Cl)cc2)CCCC1. The molecule has 3 fully saturated rings. The highest BCUT2D eigenvalue weighted by Crippen LogP contribution is 2.45. The van der Waals surface area contributed by atoms with Crippen LogP contribution in [0.2, 0.25) is 5.02 Å². The number of rotatable bonds is 4. The van der Waals surface area contributed by atoms with Crippen LogP contribution in [0.1, 0.15) is 67.6 Å². The van der Waals surface area contributed by atoms with E-state index >= 15 is 0 Å². The van der Waals surface area contributed by atoms with Crippen molar-refractivity contribution in [3.8, 4) is 0 Å². The van der Waals surface area contributed by atoms with Gasteiger partial charge in [0.2, 0.25) is 11.8 Å². The van der Waals surface area contributed by atoms with E-state index in [0.717, 1.165) is 49.9 Å². The summed E-state index contributed by atoms with van der Waals surface area (Å²) in [6.07, 6.45) is 6.36. The Morgan fingerprint density at radius 1 is 1.12 bits per heavy atom. The summed E-state index contributed by atoms with van der Waals surface area (Å²) in [5.74, 6) is 2.47. The van der Waals surface area contributed by atoms with Crippen LogP contribution < -0.4 is 0 Å². The lowest BCUT2D eigenvalue weighted by Gasteiger charge is -2.43. The highest BCUT2D eigenvalue weighted by molar-refractivity contribution is 6.30. The van der Waals surface area contributed by atoms with E-state index in [1.807, 2.05) is 29.2 Å². The summed E-state index contributed by atoms with van der Waals surface area (Å²) in [5.41, 5.74) is 0.713. The molecule has 3 aliphatic rings. The smallest absolute Gasteiger partial charge is 0.233 e. The molecule has 26 heavy (non-hydrogen) atoms. The van der Waals surface area contributed by atoms with Gasteiger partial charge >= 0.3 is 0 Å². The summed E-state index contributed by atoms with van der Waals surface area (Å²) >= 11 is 6.04. The molecule has 0 atom stereocenters. The number of amides is 1. The fourth-order valence-corrected chi connectivity index (χ4v) is 4.52. The number of carbonyl (C=O) groups excluding carboxylic acids is 1. The van der Waals surface area contributed by atoms with Crippen LogP contribution in [0, 0.1) is 0 Å². The van der Waals surface area contributed by atoms with Gasteiger partial charge in [-0.1, -0.05) is 41.7 Å². The molecule has 1 amide bonds. The van der Waals surface area contributed by atoms with Gasteiger partial charge in [0.25, 0.3) is 0 Å². The van der Waals surface area contributed by atoms with Crippen molar-refractivity contribution in [3.05, 3.63) is 46.6 Å². The first kappa shape index (κ1) is 16.3. The zero-order valence-electron chi connectivity index (χ0n) is 14.7. The molecule has 0 radical (unpaired) electrons. The standard InChI is InChI=1S/C20H22ClN3O2/c21-16-7-5-15(6-8-16)20(9-1-2-10-20)19(25)24-11-14(12-24)18-22-17(23-26-18)13-3-4-13/h5-8,13-14H,1-4,9-12H2. The first-order chi connectivity index (χ1) is 12.7. The quantitative estimate of drug-likeness (QED) is 0.813. The number of nitrogens with zero attached hydrogens (tertiary/aromatic N) is 3. The fraction of sp³-hybridized carbons (Fsp3) is 0.550. The van der Waals surface area contributed by atoms with Crippen LogP contribution in [0.3, 0.4) is 0 Å². The number of carbonyl (C=O) groups is 1. The minimum absolute atomic E-state index is 0.183. The third kappa shape index (κ3) is 2.64. The molecule has 1 aliphatic heterocycles. The average molecular weight is 372 g/mol. The van der Waals surface area contributed by atoms with E-state index in [-0.39, 0.29) is 17.2 Å². The summed E-state index contributed by atoms with van der Waals surface area (Å²) in [6.45, 7) is 1.36. The zero-order chi connectivity index (χ0) is 17.7. The summed E-state index contributed by atoms with van der Waals surface area (Å²) in [4.78, 5) is 19.9. The van der Waals surface area contributed by atoms with Gasteiger partial charge in [0.05, 0.1) is 11.3 Å². The van der Waals surface area contributed by atoms with Gasteiger partial charge < -0.3 is 9.42 Å². The molecular formula is C20H22ClN3O2. The van der Waals surface area contributed by atoms with Crippen LogP contribution in [0.15, 0.2) is 28.8 Å². The monoisotopic (exact) mass is 371 g/mol. The Morgan fingerprint density at radius 3 is 2.46 bits per heavy atom. The predicted molar refractivity (Wildman–Crippen MR) is 97.2 cm³/mol. The second-order valence-electron chi connectivity index (χ2n) is 7.97. The molecule has 1 aromatic carbocycles. The maximum Gasteiger partial charge on any atom is 0.233 e. The van der Waals surface area contributed by atoms with Crippen LogP contribution in [-0.2, 0) is 10.2 Å². The molecule has 2 aliphatic carbocycles. The Labute approximate surface area is 157 Å². The first-order valence-electron chi connectivity index (χ1n) is 9.55. The normalized spacial score (nSPS) is 22.4. The maximum absolute atomic E-state index is 13.4. The van der Waals surface area contributed by atoms with Crippen LogP contribution in [-0.4, -0.2) is 34.0 Å². The third-order valence-corrected chi connectivity index (χ3v) is 6.43. The number of hydrogen-bond acceptors (Lipinski definition) is 4. The van der Waals surface area contributed by atoms with E-state index in [9.17, 15) is 4.79 Å². The maximum atomic E-state index is 13.4. The molecule has 2 aromatic rings. The van der Waals surface area contributed by atoms with Crippen molar-refractivity contribution in [2.24, 2.45) is 0 Å². The van der Waals surface area contributed by atoms with Gasteiger partial charge in [-0.05, 0) is 43.4 Å². The topological polar surface area (TPSA) is 59.2 Å². The van der Waals surface area contributed by atoms with Crippen molar-refractivity contribution in [3.63, 3.8) is 0 Å². The van der Waals surface area contributed by atoms with Gasteiger partial charge in [0.1, 0.15) is 0 Å². The van der Waals surface area contributed by atoms with E-state index in [0.29, 0.717) is 29.9 Å². The van der Waals surface area contributed by atoms with Gasteiger partial charge in [-0.15, -0.1) is 0 Å². The van der Waals surface area contributed by atoms with E-state index < -0.39 is 0 Å². The van der Waals surface area contributed by atoms with Crippen molar-refractivity contribution in [2.45, 2.75) is 55.8 Å². The molecule has 5 rings (SSSR count). The molecule has 2 saturated carbocycles. The van der Waals surface area contributed by atoms with Gasteiger partial charge in [0, 0.05) is 24.0 Å². The molecule has 136 valence electrons. The highest BCUT2D eigenvalue weighted by Gasteiger charge is 2.48. The van der Waals surface area contributed by atoms with E-state index in [1.165, 1.54) is 0 Å². The summed E-state index contributed by atoms with van der Waals surface area (Å²) < 4.78 is 5.43. The Bertz CT molecular complexity index is 816. The third-order valence-electron chi connectivity index (χ3n) is 6.18. The van der Waals surface area contributed by atoms with Gasteiger partial charge in [-0.25, -0.2) is 0 Å². The lowest BCUT2D eigenvalue weighted by atomic mass is 9.76. The molecule has 2 heterocycles. The van der Waals surface area contributed by atoms with Crippen LogP contribution in [0.25, 0.3) is 0 Å². The van der Waals surface area contributed by atoms with Crippen molar-refractivity contribution < 1.29 is 9.32 Å². The molecular weight excluding hydrogens is 350 g/mol. The predicted octanol–water partition coefficient (Wildman–Crippen LogP) is 4.04. The van der Waals surface area contributed by atoms with Crippen molar-refractivity contribution in [2.75, 3.05) is 13.1 Å². The van der Waals surface area contributed by atoms with E-state index in [1.54, 1.807) is 0 Å². The summed E-state index contributed by atoms with van der Waals surface area (Å²) in [6, 6.07) is 7.81. The Hall–Kier alpha value is -1.88.